The minimum Gasteiger partial charge on any atom is -0.490 e. The van der Waals surface area contributed by atoms with E-state index in [0.717, 1.165) is 38.0 Å². The Morgan fingerprint density at radius 2 is 2.00 bits per heavy atom. The molecule has 3 rings (SSSR count). The molecule has 1 aliphatic carbocycles. The number of hydrogen-bond acceptors (Lipinski definition) is 3. The minimum atomic E-state index is 0. The van der Waals surface area contributed by atoms with Gasteiger partial charge >= 0.3 is 0 Å². The first-order valence-corrected chi connectivity index (χ1v) is 8.05. The molecule has 1 saturated heterocycles. The number of carbonyl (C=O) groups excluding carboxylic acids is 1. The van der Waals surface area contributed by atoms with Crippen molar-refractivity contribution in [3.63, 3.8) is 0 Å². The maximum absolute atomic E-state index is 12.6. The van der Waals surface area contributed by atoms with Gasteiger partial charge in [0.2, 0.25) is 0 Å². The highest BCUT2D eigenvalue weighted by molar-refractivity contribution is 5.95. The third kappa shape index (κ3) is 3.73. The van der Waals surface area contributed by atoms with Gasteiger partial charge in [0, 0.05) is 24.7 Å². The van der Waals surface area contributed by atoms with Crippen molar-refractivity contribution < 1.29 is 9.53 Å². The molecule has 122 valence electrons. The van der Waals surface area contributed by atoms with Crippen molar-refractivity contribution in [1.29, 1.82) is 0 Å². The topological polar surface area (TPSA) is 55.6 Å². The summed E-state index contributed by atoms with van der Waals surface area (Å²) >= 11 is 0. The third-order valence-corrected chi connectivity index (χ3v) is 4.60. The third-order valence-electron chi connectivity index (χ3n) is 4.60. The van der Waals surface area contributed by atoms with Crippen LogP contribution in [0.15, 0.2) is 24.3 Å². The van der Waals surface area contributed by atoms with E-state index in [2.05, 4.69) is 0 Å². The van der Waals surface area contributed by atoms with Crippen molar-refractivity contribution in [2.24, 2.45) is 5.73 Å². The molecular weight excluding hydrogens is 300 g/mol. The van der Waals surface area contributed by atoms with Gasteiger partial charge in [0.25, 0.3) is 5.91 Å². The molecule has 1 atom stereocenters. The predicted molar refractivity (Wildman–Crippen MR) is 89.7 cm³/mol. The van der Waals surface area contributed by atoms with Crippen LogP contribution in [-0.2, 0) is 0 Å². The summed E-state index contributed by atoms with van der Waals surface area (Å²) < 4.78 is 5.99. The zero-order chi connectivity index (χ0) is 14.7. The van der Waals surface area contributed by atoms with E-state index in [4.69, 9.17) is 10.5 Å². The lowest BCUT2D eigenvalue weighted by molar-refractivity contribution is 0.0740. The highest BCUT2D eigenvalue weighted by Crippen LogP contribution is 2.26. The Kier molecular flexibility index (Phi) is 6.09. The van der Waals surface area contributed by atoms with Gasteiger partial charge in [-0.2, -0.15) is 0 Å². The Hall–Kier alpha value is -1.26. The molecule has 4 nitrogen and oxygen atoms in total. The Balaban J connectivity index is 0.00000176. The van der Waals surface area contributed by atoms with Gasteiger partial charge < -0.3 is 15.4 Å². The van der Waals surface area contributed by atoms with Crippen molar-refractivity contribution in [3.8, 4) is 5.75 Å². The fourth-order valence-electron chi connectivity index (χ4n) is 3.42. The zero-order valence-corrected chi connectivity index (χ0v) is 13.7. The van der Waals surface area contributed by atoms with Crippen molar-refractivity contribution in [2.75, 3.05) is 13.1 Å². The lowest BCUT2D eigenvalue weighted by atomic mass is 10.1. The molecule has 0 bridgehead atoms. The van der Waals surface area contributed by atoms with E-state index < -0.39 is 0 Å². The van der Waals surface area contributed by atoms with Crippen LogP contribution in [0.5, 0.6) is 5.75 Å². The Labute approximate surface area is 138 Å². The van der Waals surface area contributed by atoms with Gasteiger partial charge in [0.15, 0.2) is 0 Å². The fraction of sp³-hybridized carbons (Fsp3) is 0.588. The molecule has 1 heterocycles. The second-order valence-corrected chi connectivity index (χ2v) is 6.08. The standard InChI is InChI=1S/C17H24N2O2.ClH/c18-12-14-6-4-10-19(14)17(20)13-5-3-9-16(11-13)21-15-7-1-2-8-15;/h3,5,9,11,14-15H,1-2,4,6-8,10,12,18H2;1H. The van der Waals surface area contributed by atoms with Crippen LogP contribution < -0.4 is 10.5 Å². The molecule has 1 aromatic rings. The summed E-state index contributed by atoms with van der Waals surface area (Å²) in [6.07, 6.45) is 7.12. The fourth-order valence-corrected chi connectivity index (χ4v) is 3.42. The average Bonchev–Trinajstić information content (AvgIpc) is 3.17. The van der Waals surface area contributed by atoms with E-state index in [1.54, 1.807) is 0 Å². The minimum absolute atomic E-state index is 0. The van der Waals surface area contributed by atoms with Crippen LogP contribution >= 0.6 is 12.4 Å². The van der Waals surface area contributed by atoms with Crippen molar-refractivity contribution >= 4 is 18.3 Å². The molecule has 2 fully saturated rings. The second kappa shape index (κ2) is 7.84. The zero-order valence-electron chi connectivity index (χ0n) is 12.9. The molecule has 2 aliphatic rings. The summed E-state index contributed by atoms with van der Waals surface area (Å²) in [5.41, 5.74) is 6.47. The van der Waals surface area contributed by atoms with Crippen molar-refractivity contribution in [2.45, 2.75) is 50.7 Å². The maximum Gasteiger partial charge on any atom is 0.254 e. The first-order valence-electron chi connectivity index (χ1n) is 8.05. The molecule has 1 unspecified atom stereocenters. The van der Waals surface area contributed by atoms with Crippen LogP contribution in [0.2, 0.25) is 0 Å². The number of hydrogen-bond donors (Lipinski definition) is 1. The number of nitrogens with two attached hydrogens (primary N) is 1. The van der Waals surface area contributed by atoms with Crippen LogP contribution in [0, 0.1) is 0 Å². The number of amides is 1. The Morgan fingerprint density at radius 3 is 2.73 bits per heavy atom. The number of ether oxygens (including phenoxy) is 1. The molecule has 1 amide bonds. The van der Waals surface area contributed by atoms with E-state index in [1.807, 2.05) is 29.2 Å². The normalized spacial score (nSPS) is 21.7. The van der Waals surface area contributed by atoms with Crippen LogP contribution in [-0.4, -0.2) is 36.0 Å². The summed E-state index contributed by atoms with van der Waals surface area (Å²) in [5, 5.41) is 0. The van der Waals surface area contributed by atoms with Gasteiger partial charge in [0.05, 0.1) is 6.10 Å². The van der Waals surface area contributed by atoms with Gasteiger partial charge in [-0.3, -0.25) is 4.79 Å². The summed E-state index contributed by atoms with van der Waals surface area (Å²) in [6.45, 7) is 1.36. The first kappa shape index (κ1) is 17.1. The second-order valence-electron chi connectivity index (χ2n) is 6.08. The summed E-state index contributed by atoms with van der Waals surface area (Å²) in [4.78, 5) is 14.5. The summed E-state index contributed by atoms with van der Waals surface area (Å²) in [5.74, 6) is 0.899. The van der Waals surface area contributed by atoms with E-state index in [1.165, 1.54) is 12.8 Å². The Bertz CT molecular complexity index is 503. The molecular formula is C17H25ClN2O2. The number of carbonyl (C=O) groups is 1. The lowest BCUT2D eigenvalue weighted by Crippen LogP contribution is -2.39. The van der Waals surface area contributed by atoms with Gasteiger partial charge in [-0.1, -0.05) is 6.07 Å². The van der Waals surface area contributed by atoms with Crippen molar-refractivity contribution in [1.82, 2.24) is 4.90 Å². The smallest absolute Gasteiger partial charge is 0.254 e. The quantitative estimate of drug-likeness (QED) is 0.926. The van der Waals surface area contributed by atoms with Crippen LogP contribution in [0.4, 0.5) is 0 Å². The average molecular weight is 325 g/mol. The number of rotatable bonds is 4. The van der Waals surface area contributed by atoms with Crippen LogP contribution in [0.1, 0.15) is 48.9 Å². The van der Waals surface area contributed by atoms with Gasteiger partial charge in [0.1, 0.15) is 5.75 Å². The van der Waals surface area contributed by atoms with Gasteiger partial charge in [-0.15, -0.1) is 12.4 Å². The van der Waals surface area contributed by atoms with E-state index >= 15 is 0 Å². The van der Waals surface area contributed by atoms with E-state index in [-0.39, 0.29) is 24.4 Å². The number of benzene rings is 1. The molecule has 0 spiro atoms. The highest BCUT2D eigenvalue weighted by Gasteiger charge is 2.28. The highest BCUT2D eigenvalue weighted by atomic mass is 35.5. The Morgan fingerprint density at radius 1 is 1.23 bits per heavy atom. The molecule has 1 aromatic carbocycles. The van der Waals surface area contributed by atoms with Gasteiger partial charge in [-0.25, -0.2) is 0 Å². The molecule has 1 saturated carbocycles. The SMILES string of the molecule is Cl.NCC1CCCN1C(=O)c1cccc(OC2CCCC2)c1. The number of likely N-dealkylation sites (tertiary alicyclic amines) is 1. The molecule has 2 N–H and O–H groups in total. The van der Waals surface area contributed by atoms with E-state index in [0.29, 0.717) is 18.2 Å². The first-order chi connectivity index (χ1) is 10.3. The van der Waals surface area contributed by atoms with Crippen LogP contribution in [0.25, 0.3) is 0 Å². The molecule has 0 aromatic heterocycles. The number of halogens is 1. The largest absolute Gasteiger partial charge is 0.490 e. The van der Waals surface area contributed by atoms with Crippen molar-refractivity contribution in [3.05, 3.63) is 29.8 Å². The van der Waals surface area contributed by atoms with Gasteiger partial charge in [-0.05, 0) is 56.7 Å². The molecule has 22 heavy (non-hydrogen) atoms. The molecule has 1 aliphatic heterocycles. The molecule has 0 radical (unpaired) electrons. The lowest BCUT2D eigenvalue weighted by Gasteiger charge is -2.24. The van der Waals surface area contributed by atoms with Crippen LogP contribution in [0.3, 0.4) is 0 Å². The maximum atomic E-state index is 12.6. The summed E-state index contributed by atoms with van der Waals surface area (Å²) in [6, 6.07) is 7.80. The molecule has 5 heteroatoms. The monoisotopic (exact) mass is 324 g/mol. The summed E-state index contributed by atoms with van der Waals surface area (Å²) in [7, 11) is 0. The van der Waals surface area contributed by atoms with E-state index in [9.17, 15) is 4.79 Å². The predicted octanol–water partition coefficient (Wildman–Crippen LogP) is 2.99. The number of nitrogens with zero attached hydrogens (tertiary/aromatic N) is 1.